The summed E-state index contributed by atoms with van der Waals surface area (Å²) in [4.78, 5) is 23.2. The number of rotatable bonds is 5. The third-order valence-electron chi connectivity index (χ3n) is 4.08. The van der Waals surface area contributed by atoms with Gasteiger partial charge in [0.25, 0.3) is 0 Å². The molecule has 0 aliphatic carbocycles. The Kier molecular flexibility index (Phi) is 5.76. The summed E-state index contributed by atoms with van der Waals surface area (Å²) in [6.45, 7) is 1.41. The lowest BCUT2D eigenvalue weighted by Gasteiger charge is -2.35. The van der Waals surface area contributed by atoms with Crippen LogP contribution in [0.3, 0.4) is 0 Å². The van der Waals surface area contributed by atoms with Gasteiger partial charge in [-0.3, -0.25) is 4.79 Å². The molecule has 4 atom stereocenters. The topological polar surface area (TPSA) is 136 Å². The molecule has 132 valence electrons. The molecule has 1 saturated heterocycles. The number of nitrogens with one attached hydrogen (secondary N) is 1. The summed E-state index contributed by atoms with van der Waals surface area (Å²) in [7, 11) is 0. The van der Waals surface area contributed by atoms with Crippen LogP contribution in [0.4, 0.5) is 5.69 Å². The highest BCUT2D eigenvalue weighted by atomic mass is 16.5. The molecule has 1 amide bonds. The monoisotopic (exact) mass is 339 g/mol. The quantitative estimate of drug-likeness (QED) is 0.529. The number of amides is 1. The second-order valence-electron chi connectivity index (χ2n) is 5.92. The maximum Gasteiger partial charge on any atom is 0.339 e. The van der Waals surface area contributed by atoms with Crippen LogP contribution < -0.4 is 5.32 Å². The summed E-state index contributed by atoms with van der Waals surface area (Å²) in [5, 5.41) is 40.1. The van der Waals surface area contributed by atoms with Crippen LogP contribution >= 0.6 is 0 Å². The number of anilines is 1. The Bertz CT molecular complexity index is 618. The third-order valence-corrected chi connectivity index (χ3v) is 4.08. The Morgan fingerprint density at radius 2 is 2.08 bits per heavy atom. The highest BCUT2D eigenvalue weighted by Crippen LogP contribution is 2.27. The molecule has 1 heterocycles. The van der Waals surface area contributed by atoms with E-state index in [0.29, 0.717) is 6.42 Å². The fourth-order valence-electron chi connectivity index (χ4n) is 2.68. The molecule has 0 bridgehead atoms. The smallest absolute Gasteiger partial charge is 0.339 e. The molecule has 8 nitrogen and oxygen atoms in total. The molecule has 1 aliphatic heterocycles. The largest absolute Gasteiger partial charge is 0.507 e. The van der Waals surface area contributed by atoms with Crippen LogP contribution in [0.1, 0.15) is 30.1 Å². The van der Waals surface area contributed by atoms with Gasteiger partial charge in [-0.05, 0) is 12.1 Å². The van der Waals surface area contributed by atoms with Gasteiger partial charge in [-0.25, -0.2) is 4.79 Å². The Morgan fingerprint density at radius 3 is 2.67 bits per heavy atom. The first-order valence-electron chi connectivity index (χ1n) is 7.63. The minimum absolute atomic E-state index is 0.230. The zero-order valence-electron chi connectivity index (χ0n) is 13.2. The number of aromatic carboxylic acids is 1. The minimum atomic E-state index is -1.27. The number of carboxylic acid groups (broad SMARTS) is 1. The van der Waals surface area contributed by atoms with Crippen molar-refractivity contribution < 1.29 is 34.8 Å². The number of aliphatic hydroxyl groups excluding tert-OH is 2. The Hall–Kier alpha value is -2.16. The van der Waals surface area contributed by atoms with Gasteiger partial charge in [-0.2, -0.15) is 0 Å². The molecular weight excluding hydrogens is 318 g/mol. The van der Waals surface area contributed by atoms with Crippen molar-refractivity contribution in [3.63, 3.8) is 0 Å². The second-order valence-corrected chi connectivity index (χ2v) is 5.92. The third kappa shape index (κ3) is 4.22. The molecule has 2 rings (SSSR count). The molecule has 5 N–H and O–H groups in total. The summed E-state index contributed by atoms with van der Waals surface area (Å²) in [5.74, 6) is -2.71. The van der Waals surface area contributed by atoms with Crippen molar-refractivity contribution in [2.24, 2.45) is 5.92 Å². The first-order chi connectivity index (χ1) is 11.3. The van der Waals surface area contributed by atoms with Gasteiger partial charge in [0.05, 0.1) is 30.8 Å². The highest BCUT2D eigenvalue weighted by Gasteiger charge is 2.34. The molecule has 0 radical (unpaired) electrons. The second kappa shape index (κ2) is 7.61. The van der Waals surface area contributed by atoms with Gasteiger partial charge in [0.15, 0.2) is 0 Å². The molecule has 8 heteroatoms. The summed E-state index contributed by atoms with van der Waals surface area (Å²) in [6, 6.07) is 3.72. The lowest BCUT2D eigenvalue weighted by molar-refractivity contribution is -0.144. The van der Waals surface area contributed by atoms with Crippen molar-refractivity contribution in [2.45, 2.75) is 38.1 Å². The average Bonchev–Trinajstić information content (AvgIpc) is 2.53. The van der Waals surface area contributed by atoms with Gasteiger partial charge in [-0.15, -0.1) is 0 Å². The number of hydrogen-bond donors (Lipinski definition) is 5. The van der Waals surface area contributed by atoms with Gasteiger partial charge in [-0.1, -0.05) is 6.92 Å². The minimum Gasteiger partial charge on any atom is -0.507 e. The summed E-state index contributed by atoms with van der Waals surface area (Å²) in [5.41, 5.74) is -0.00464. The van der Waals surface area contributed by atoms with Crippen molar-refractivity contribution >= 4 is 17.6 Å². The van der Waals surface area contributed by atoms with Crippen molar-refractivity contribution in [1.82, 2.24) is 0 Å². The molecule has 0 aromatic heterocycles. The van der Waals surface area contributed by atoms with E-state index < -0.39 is 41.9 Å². The number of aromatic hydroxyl groups is 1. The molecule has 1 aromatic carbocycles. The molecule has 24 heavy (non-hydrogen) atoms. The van der Waals surface area contributed by atoms with Crippen molar-refractivity contribution in [3.8, 4) is 5.75 Å². The summed E-state index contributed by atoms with van der Waals surface area (Å²) in [6.07, 6.45) is -1.08. The van der Waals surface area contributed by atoms with Crippen LogP contribution in [0.2, 0.25) is 0 Å². The van der Waals surface area contributed by atoms with E-state index in [4.69, 9.17) is 9.84 Å². The number of phenols is 1. The van der Waals surface area contributed by atoms with E-state index in [9.17, 15) is 24.9 Å². The zero-order chi connectivity index (χ0) is 17.9. The number of carbonyl (C=O) groups is 2. The fourth-order valence-corrected chi connectivity index (χ4v) is 2.68. The van der Waals surface area contributed by atoms with Gasteiger partial charge < -0.3 is 30.5 Å². The molecule has 1 fully saturated rings. The maximum atomic E-state index is 12.3. The summed E-state index contributed by atoms with van der Waals surface area (Å²) >= 11 is 0. The standard InChI is InChI=1S/C16H21NO7/c1-8(14-6-10(19)5-11(7-18)24-14)15(21)17-9-2-3-12(16(22)23)13(20)4-9/h2-4,8,10-11,14,18-20H,5-7H2,1H3,(H,17,21)(H,22,23)/t8?,10-,11-,14?/m0/s1. The predicted molar refractivity (Wildman–Crippen MR) is 83.8 cm³/mol. The van der Waals surface area contributed by atoms with Gasteiger partial charge >= 0.3 is 5.97 Å². The Balaban J connectivity index is 2.03. The van der Waals surface area contributed by atoms with Crippen LogP contribution in [0.5, 0.6) is 5.75 Å². The fraction of sp³-hybridized carbons (Fsp3) is 0.500. The lowest BCUT2D eigenvalue weighted by Crippen LogP contribution is -2.43. The first kappa shape index (κ1) is 18.2. The van der Waals surface area contributed by atoms with Gasteiger partial charge in [0.2, 0.25) is 5.91 Å². The normalized spacial score (nSPS) is 25.0. The van der Waals surface area contributed by atoms with E-state index in [1.54, 1.807) is 6.92 Å². The van der Waals surface area contributed by atoms with E-state index in [0.717, 1.165) is 6.07 Å². The predicted octanol–water partition coefficient (Wildman–Crippen LogP) is 0.566. The van der Waals surface area contributed by atoms with Gasteiger partial charge in [0, 0.05) is 24.6 Å². The number of carbonyl (C=O) groups excluding carboxylic acids is 1. The van der Waals surface area contributed by atoms with E-state index in [1.165, 1.54) is 12.1 Å². The van der Waals surface area contributed by atoms with E-state index >= 15 is 0 Å². The lowest BCUT2D eigenvalue weighted by atomic mass is 9.92. The molecule has 0 spiro atoms. The van der Waals surface area contributed by atoms with Gasteiger partial charge in [0.1, 0.15) is 11.3 Å². The first-order valence-corrected chi connectivity index (χ1v) is 7.63. The number of carboxylic acids is 1. The number of aliphatic hydroxyl groups is 2. The SMILES string of the molecule is CC(C(=O)Nc1ccc(C(=O)O)c(O)c1)C1C[C@@H](O)C[C@@H](CO)O1. The van der Waals surface area contributed by atoms with Crippen LogP contribution in [0.15, 0.2) is 18.2 Å². The highest BCUT2D eigenvalue weighted by molar-refractivity contribution is 5.95. The van der Waals surface area contributed by atoms with Crippen molar-refractivity contribution in [2.75, 3.05) is 11.9 Å². The maximum absolute atomic E-state index is 12.3. The van der Waals surface area contributed by atoms with Crippen LogP contribution in [0.25, 0.3) is 0 Å². The summed E-state index contributed by atoms with van der Waals surface area (Å²) < 4.78 is 5.60. The van der Waals surface area contributed by atoms with E-state index in [1.807, 2.05) is 0 Å². The van der Waals surface area contributed by atoms with E-state index in [2.05, 4.69) is 5.32 Å². The number of hydrogen-bond acceptors (Lipinski definition) is 6. The van der Waals surface area contributed by atoms with Crippen LogP contribution in [-0.2, 0) is 9.53 Å². The molecule has 2 unspecified atom stereocenters. The molecule has 1 aromatic rings. The van der Waals surface area contributed by atoms with E-state index in [-0.39, 0.29) is 24.3 Å². The van der Waals surface area contributed by atoms with Crippen molar-refractivity contribution in [3.05, 3.63) is 23.8 Å². The molecule has 0 saturated carbocycles. The number of ether oxygens (including phenoxy) is 1. The number of benzene rings is 1. The van der Waals surface area contributed by atoms with Crippen LogP contribution in [-0.4, -0.2) is 57.2 Å². The Labute approximate surface area is 138 Å². The average molecular weight is 339 g/mol. The van der Waals surface area contributed by atoms with Crippen molar-refractivity contribution in [1.29, 1.82) is 0 Å². The molecular formula is C16H21NO7. The van der Waals surface area contributed by atoms with Crippen LogP contribution in [0, 0.1) is 5.92 Å². The zero-order valence-corrected chi connectivity index (χ0v) is 13.2. The Morgan fingerprint density at radius 1 is 1.38 bits per heavy atom. The molecule has 1 aliphatic rings.